The molecule has 0 saturated carbocycles. The highest BCUT2D eigenvalue weighted by Crippen LogP contribution is 2.36. The van der Waals surface area contributed by atoms with Gasteiger partial charge in [-0.1, -0.05) is 12.1 Å². The van der Waals surface area contributed by atoms with Gasteiger partial charge in [0, 0.05) is 5.69 Å². The molecule has 0 bridgehead atoms. The van der Waals surface area contributed by atoms with Crippen molar-refractivity contribution in [1.82, 2.24) is 0 Å². The highest BCUT2D eigenvalue weighted by molar-refractivity contribution is 7.46. The predicted octanol–water partition coefficient (Wildman–Crippen LogP) is 4.25. The Kier molecular flexibility index (Phi) is 9.59. The van der Waals surface area contributed by atoms with Crippen LogP contribution in [0.2, 0.25) is 0 Å². The summed E-state index contributed by atoms with van der Waals surface area (Å²) in [7, 11) is -4.73. The fourth-order valence-corrected chi connectivity index (χ4v) is 3.64. The summed E-state index contributed by atoms with van der Waals surface area (Å²) in [5, 5.41) is 2.59. The van der Waals surface area contributed by atoms with Gasteiger partial charge in [-0.2, -0.15) is 0 Å². The molecule has 3 aromatic rings. The Morgan fingerprint density at radius 2 is 1.89 bits per heavy atom. The number of hydrogen-bond acceptors (Lipinski definition) is 6. The summed E-state index contributed by atoms with van der Waals surface area (Å²) in [4.78, 5) is 29.8. The number of hydrogen-bond donors (Lipinski definition) is 4. The number of benzene rings is 2. The highest BCUT2D eigenvalue weighted by Gasteiger charge is 2.21. The van der Waals surface area contributed by atoms with Crippen molar-refractivity contribution in [3.8, 4) is 17.1 Å². The summed E-state index contributed by atoms with van der Waals surface area (Å²) in [5.41, 5.74) is 7.77. The van der Waals surface area contributed by atoms with Gasteiger partial charge in [-0.05, 0) is 73.7 Å². The van der Waals surface area contributed by atoms with E-state index in [0.717, 1.165) is 31.2 Å². The maximum absolute atomic E-state index is 13.0. The fraction of sp³-hybridized carbons (Fsp3) is 0.292. The Hall–Kier alpha value is -3.01. The molecular weight excluding hydrogens is 478 g/mol. The van der Waals surface area contributed by atoms with E-state index in [0.29, 0.717) is 29.4 Å². The third kappa shape index (κ3) is 8.93. The number of carbonyl (C=O) groups excluding carboxylic acids is 1. The summed E-state index contributed by atoms with van der Waals surface area (Å²) in [6.07, 6.45) is 5.11. The van der Waals surface area contributed by atoms with Crippen molar-refractivity contribution in [1.29, 1.82) is 0 Å². The molecule has 0 aliphatic heterocycles. The molecule has 0 aliphatic rings. The number of nitrogens with one attached hydrogen (secondary N) is 1. The van der Waals surface area contributed by atoms with Gasteiger partial charge in [-0.25, -0.2) is 8.96 Å². The molecule has 5 N–H and O–H groups in total. The second-order valence-corrected chi connectivity index (χ2v) is 9.10. The fourth-order valence-electron chi connectivity index (χ4n) is 3.29. The number of phosphoric acid groups is 1. The van der Waals surface area contributed by atoms with E-state index in [4.69, 9.17) is 24.7 Å². The van der Waals surface area contributed by atoms with E-state index in [2.05, 4.69) is 9.84 Å². The van der Waals surface area contributed by atoms with Gasteiger partial charge < -0.3 is 30.0 Å². The van der Waals surface area contributed by atoms with Crippen molar-refractivity contribution in [2.24, 2.45) is 5.73 Å². The van der Waals surface area contributed by atoms with Gasteiger partial charge in [0.2, 0.25) is 5.91 Å². The van der Waals surface area contributed by atoms with Gasteiger partial charge >= 0.3 is 7.82 Å². The van der Waals surface area contributed by atoms with Crippen LogP contribution in [0.1, 0.15) is 24.8 Å². The number of phosphoric ester groups is 1. The lowest BCUT2D eigenvalue weighted by Gasteiger charge is -2.15. The predicted molar refractivity (Wildman–Crippen MR) is 128 cm³/mol. The third-order valence-corrected chi connectivity index (χ3v) is 5.56. The summed E-state index contributed by atoms with van der Waals surface area (Å²) in [6.45, 7) is -0.156. The van der Waals surface area contributed by atoms with Crippen LogP contribution in [0, 0.1) is 5.82 Å². The quantitative estimate of drug-likeness (QED) is 0.199. The molecule has 0 spiro atoms. The molecule has 11 heteroatoms. The Morgan fingerprint density at radius 1 is 1.11 bits per heavy atom. The van der Waals surface area contributed by atoms with Gasteiger partial charge in [-0.3, -0.25) is 9.32 Å². The highest BCUT2D eigenvalue weighted by atomic mass is 31.2. The van der Waals surface area contributed by atoms with E-state index < -0.39 is 26.4 Å². The van der Waals surface area contributed by atoms with Crippen molar-refractivity contribution < 1.29 is 37.2 Å². The van der Waals surface area contributed by atoms with Crippen LogP contribution in [-0.4, -0.2) is 34.9 Å². The number of nitrogens with two attached hydrogens (primary N) is 1. The van der Waals surface area contributed by atoms with E-state index in [1.54, 1.807) is 42.5 Å². The average molecular weight is 506 g/mol. The Balaban J connectivity index is 1.54. The lowest BCUT2D eigenvalue weighted by Crippen LogP contribution is -2.39. The summed E-state index contributed by atoms with van der Waals surface area (Å²) in [5.74, 6) is 0.211. The smallest absolute Gasteiger partial charge is 0.469 e. The van der Waals surface area contributed by atoms with Crippen molar-refractivity contribution in [2.75, 3.05) is 18.5 Å². The first-order valence-electron chi connectivity index (χ1n) is 11.0. The number of aryl methyl sites for hydroxylation is 1. The number of anilines is 1. The molecule has 1 amide bonds. The number of ether oxygens (including phenoxy) is 1. The molecular formula is C24H28FN2O7P. The molecule has 1 aromatic heterocycles. The average Bonchev–Trinajstić information content (AvgIpc) is 3.36. The SMILES string of the molecule is NC(COP(=O)(O)O)C(=O)Nc1ccc(OCCCCCc2ccc(F)cc2)c(-c2ccco2)c1. The summed E-state index contributed by atoms with van der Waals surface area (Å²) >= 11 is 0. The van der Waals surface area contributed by atoms with Crippen LogP contribution in [-0.2, 0) is 20.3 Å². The molecule has 1 unspecified atom stereocenters. The van der Waals surface area contributed by atoms with Crippen molar-refractivity contribution >= 4 is 19.4 Å². The molecule has 2 aromatic carbocycles. The summed E-state index contributed by atoms with van der Waals surface area (Å²) < 4.78 is 39.5. The topological polar surface area (TPSA) is 144 Å². The number of halogens is 1. The van der Waals surface area contributed by atoms with E-state index in [-0.39, 0.29) is 5.82 Å². The lowest BCUT2D eigenvalue weighted by atomic mass is 10.1. The lowest BCUT2D eigenvalue weighted by molar-refractivity contribution is -0.118. The third-order valence-electron chi connectivity index (χ3n) is 5.07. The molecule has 9 nitrogen and oxygen atoms in total. The van der Waals surface area contributed by atoms with Crippen LogP contribution < -0.4 is 15.8 Å². The largest absolute Gasteiger partial charge is 0.493 e. The van der Waals surface area contributed by atoms with E-state index >= 15 is 0 Å². The molecule has 0 aliphatic carbocycles. The molecule has 1 atom stereocenters. The van der Waals surface area contributed by atoms with Crippen LogP contribution in [0.15, 0.2) is 65.3 Å². The second-order valence-electron chi connectivity index (χ2n) is 7.86. The van der Waals surface area contributed by atoms with Gasteiger partial charge in [-0.15, -0.1) is 0 Å². The van der Waals surface area contributed by atoms with Crippen LogP contribution in [0.25, 0.3) is 11.3 Å². The van der Waals surface area contributed by atoms with E-state index in [1.165, 1.54) is 18.4 Å². The second kappa shape index (κ2) is 12.6. The molecule has 1 heterocycles. The number of amides is 1. The van der Waals surface area contributed by atoms with Crippen molar-refractivity contribution in [3.63, 3.8) is 0 Å². The molecule has 0 radical (unpaired) electrons. The first-order valence-corrected chi connectivity index (χ1v) is 12.6. The van der Waals surface area contributed by atoms with E-state index in [1.807, 2.05) is 0 Å². The minimum Gasteiger partial charge on any atom is -0.493 e. The molecule has 0 fully saturated rings. The Morgan fingerprint density at radius 3 is 2.57 bits per heavy atom. The van der Waals surface area contributed by atoms with Crippen molar-refractivity contribution in [2.45, 2.75) is 31.7 Å². The molecule has 35 heavy (non-hydrogen) atoms. The van der Waals surface area contributed by atoms with Crippen LogP contribution in [0.4, 0.5) is 10.1 Å². The zero-order chi connectivity index (χ0) is 25.3. The van der Waals surface area contributed by atoms with E-state index in [9.17, 15) is 13.8 Å². The Bertz CT molecular complexity index is 1130. The number of carbonyl (C=O) groups is 1. The standard InChI is InChI=1S/C24H28FN2O7P/c25-18-9-7-17(8-10-18)5-2-1-3-13-32-23-12-11-19(15-20(23)22-6-4-14-33-22)27-24(28)21(26)16-34-35(29,30)31/h4,6-12,14-15,21H,1-3,5,13,16,26H2,(H,27,28)(H2,29,30,31). The molecule has 188 valence electrons. The first-order chi connectivity index (χ1) is 16.7. The van der Waals surface area contributed by atoms with Gasteiger partial charge in [0.1, 0.15) is 23.4 Å². The molecule has 3 rings (SSSR count). The van der Waals surface area contributed by atoms with Crippen LogP contribution >= 0.6 is 7.82 Å². The van der Waals surface area contributed by atoms with Crippen LogP contribution in [0.5, 0.6) is 5.75 Å². The minimum atomic E-state index is -4.73. The van der Waals surface area contributed by atoms with Crippen molar-refractivity contribution in [3.05, 3.63) is 72.2 Å². The number of rotatable bonds is 13. The minimum absolute atomic E-state index is 0.239. The zero-order valence-electron chi connectivity index (χ0n) is 18.9. The van der Waals surface area contributed by atoms with Crippen LogP contribution in [0.3, 0.4) is 0 Å². The Labute approximate surface area is 202 Å². The summed E-state index contributed by atoms with van der Waals surface area (Å²) in [6, 6.07) is 13.7. The monoisotopic (exact) mass is 506 g/mol. The maximum atomic E-state index is 13.0. The van der Waals surface area contributed by atoms with Gasteiger partial charge in [0.15, 0.2) is 0 Å². The maximum Gasteiger partial charge on any atom is 0.469 e. The zero-order valence-corrected chi connectivity index (χ0v) is 19.8. The number of unbranched alkanes of at least 4 members (excludes halogenated alkanes) is 2. The molecule has 0 saturated heterocycles. The van der Waals surface area contributed by atoms with Gasteiger partial charge in [0.25, 0.3) is 0 Å². The first kappa shape index (κ1) is 26.6. The normalized spacial score (nSPS) is 12.3. The number of furan rings is 1. The van der Waals surface area contributed by atoms with Gasteiger partial charge in [0.05, 0.1) is 25.0 Å².